The van der Waals surface area contributed by atoms with Gasteiger partial charge in [0, 0.05) is 0 Å². The fourth-order valence-electron chi connectivity index (χ4n) is 2.87. The van der Waals surface area contributed by atoms with Gasteiger partial charge in [-0.25, -0.2) is 0 Å². The van der Waals surface area contributed by atoms with Gasteiger partial charge in [0.05, 0.1) is 24.9 Å². The molecule has 1 aliphatic rings. The van der Waals surface area contributed by atoms with Gasteiger partial charge in [-0.1, -0.05) is 18.2 Å². The zero-order chi connectivity index (χ0) is 17.3. The molecule has 1 heterocycles. The number of Topliss-reactive ketones (excluding diaryl/α,β-unsaturated/α-hetero) is 1. The van der Waals surface area contributed by atoms with Gasteiger partial charge in [0.15, 0.2) is 11.5 Å². The molecule has 1 amide bonds. The van der Waals surface area contributed by atoms with Crippen molar-refractivity contribution >= 4 is 17.4 Å². The maximum absolute atomic E-state index is 12.3. The van der Waals surface area contributed by atoms with Crippen molar-refractivity contribution in [2.75, 3.05) is 25.2 Å². The molecule has 0 aromatic heterocycles. The number of nitrogens with zero attached hydrogens (tertiary/aromatic N) is 1. The SMILES string of the molecule is COc1ccccc1OCCN1C(=O)C(=O)c2ccc(C)c(C)c21. The third kappa shape index (κ3) is 2.62. The summed E-state index contributed by atoms with van der Waals surface area (Å²) in [6, 6.07) is 10.9. The normalized spacial score (nSPS) is 13.2. The summed E-state index contributed by atoms with van der Waals surface area (Å²) >= 11 is 0. The van der Waals surface area contributed by atoms with E-state index < -0.39 is 11.7 Å². The lowest BCUT2D eigenvalue weighted by molar-refractivity contribution is -0.114. The minimum absolute atomic E-state index is 0.270. The molecule has 0 unspecified atom stereocenters. The van der Waals surface area contributed by atoms with Crippen molar-refractivity contribution in [2.24, 2.45) is 0 Å². The lowest BCUT2D eigenvalue weighted by Gasteiger charge is -2.20. The minimum Gasteiger partial charge on any atom is -0.493 e. The Labute approximate surface area is 140 Å². The molecule has 3 rings (SSSR count). The van der Waals surface area contributed by atoms with Crippen molar-refractivity contribution in [3.05, 3.63) is 53.1 Å². The summed E-state index contributed by atoms with van der Waals surface area (Å²) in [5, 5.41) is 0. The standard InChI is InChI=1S/C19H19NO4/c1-12-8-9-14-17(13(12)2)20(19(22)18(14)21)10-11-24-16-7-5-4-6-15(16)23-3/h4-9H,10-11H2,1-3H3. The van der Waals surface area contributed by atoms with Crippen molar-refractivity contribution in [3.8, 4) is 11.5 Å². The number of carbonyl (C=O) groups excluding carboxylic acids is 2. The molecule has 1 aliphatic heterocycles. The number of hydrogen-bond donors (Lipinski definition) is 0. The van der Waals surface area contributed by atoms with Crippen LogP contribution in [-0.2, 0) is 4.79 Å². The van der Waals surface area contributed by atoms with Crippen LogP contribution in [0, 0.1) is 13.8 Å². The van der Waals surface area contributed by atoms with E-state index in [-0.39, 0.29) is 6.61 Å². The van der Waals surface area contributed by atoms with E-state index in [1.807, 2.05) is 38.1 Å². The highest BCUT2D eigenvalue weighted by Crippen LogP contribution is 2.34. The maximum Gasteiger partial charge on any atom is 0.299 e. The molecular formula is C19H19NO4. The number of ether oxygens (including phenoxy) is 2. The lowest BCUT2D eigenvalue weighted by atomic mass is 10.0. The molecule has 0 atom stereocenters. The van der Waals surface area contributed by atoms with Crippen molar-refractivity contribution < 1.29 is 19.1 Å². The van der Waals surface area contributed by atoms with Gasteiger partial charge in [-0.15, -0.1) is 0 Å². The summed E-state index contributed by atoms with van der Waals surface area (Å²) in [6.45, 7) is 4.46. The van der Waals surface area contributed by atoms with Crippen LogP contribution in [0.2, 0.25) is 0 Å². The first-order valence-electron chi connectivity index (χ1n) is 7.76. The molecule has 0 saturated heterocycles. The molecule has 2 aromatic carbocycles. The van der Waals surface area contributed by atoms with E-state index in [1.165, 1.54) is 4.90 Å². The number of fused-ring (bicyclic) bond motifs is 1. The molecular weight excluding hydrogens is 306 g/mol. The summed E-state index contributed by atoms with van der Waals surface area (Å²) in [7, 11) is 1.58. The van der Waals surface area contributed by atoms with Gasteiger partial charge < -0.3 is 14.4 Å². The Morgan fingerprint density at radius 2 is 1.71 bits per heavy atom. The number of rotatable bonds is 5. The number of aryl methyl sites for hydroxylation is 1. The molecule has 124 valence electrons. The van der Waals surface area contributed by atoms with Gasteiger partial charge in [-0.2, -0.15) is 0 Å². The van der Waals surface area contributed by atoms with Gasteiger partial charge in [0.25, 0.3) is 11.7 Å². The Bertz CT molecular complexity index is 813. The second-order valence-corrected chi connectivity index (χ2v) is 5.69. The van der Waals surface area contributed by atoms with E-state index in [0.29, 0.717) is 29.3 Å². The maximum atomic E-state index is 12.3. The van der Waals surface area contributed by atoms with Gasteiger partial charge in [-0.3, -0.25) is 9.59 Å². The molecule has 2 aromatic rings. The number of hydrogen-bond acceptors (Lipinski definition) is 4. The fourth-order valence-corrected chi connectivity index (χ4v) is 2.87. The van der Waals surface area contributed by atoms with Crippen molar-refractivity contribution in [1.29, 1.82) is 0 Å². The quantitative estimate of drug-likeness (QED) is 0.793. The molecule has 0 aliphatic carbocycles. The number of ketones is 1. The number of carbonyl (C=O) groups is 2. The van der Waals surface area contributed by atoms with Gasteiger partial charge in [0.1, 0.15) is 6.61 Å². The minimum atomic E-state index is -0.498. The largest absolute Gasteiger partial charge is 0.493 e. The zero-order valence-corrected chi connectivity index (χ0v) is 14.0. The van der Waals surface area contributed by atoms with E-state index in [4.69, 9.17) is 9.47 Å². The number of methoxy groups -OCH3 is 1. The smallest absolute Gasteiger partial charge is 0.299 e. The second kappa shape index (κ2) is 6.35. The predicted molar refractivity (Wildman–Crippen MR) is 91.1 cm³/mol. The molecule has 24 heavy (non-hydrogen) atoms. The Hall–Kier alpha value is -2.82. The van der Waals surface area contributed by atoms with Crippen molar-refractivity contribution in [3.63, 3.8) is 0 Å². The molecule has 0 bridgehead atoms. The molecule has 5 heteroatoms. The average molecular weight is 325 g/mol. The van der Waals surface area contributed by atoms with Gasteiger partial charge in [-0.05, 0) is 43.2 Å². The summed E-state index contributed by atoms with van der Waals surface area (Å²) in [6.07, 6.45) is 0. The number of anilines is 1. The fraction of sp³-hybridized carbons (Fsp3) is 0.263. The van der Waals surface area contributed by atoms with Crippen LogP contribution in [0.5, 0.6) is 11.5 Å². The molecule has 0 saturated carbocycles. The predicted octanol–water partition coefficient (Wildman–Crippen LogP) is 2.92. The van der Waals surface area contributed by atoms with Gasteiger partial charge >= 0.3 is 0 Å². The van der Waals surface area contributed by atoms with Crippen LogP contribution < -0.4 is 14.4 Å². The van der Waals surface area contributed by atoms with E-state index in [2.05, 4.69) is 0 Å². The summed E-state index contributed by atoms with van der Waals surface area (Å²) < 4.78 is 11.0. The average Bonchev–Trinajstić information content (AvgIpc) is 2.84. The Morgan fingerprint density at radius 1 is 1.00 bits per heavy atom. The van der Waals surface area contributed by atoms with E-state index >= 15 is 0 Å². The molecule has 5 nitrogen and oxygen atoms in total. The zero-order valence-electron chi connectivity index (χ0n) is 14.0. The van der Waals surface area contributed by atoms with E-state index in [1.54, 1.807) is 19.2 Å². The van der Waals surface area contributed by atoms with Crippen LogP contribution in [0.3, 0.4) is 0 Å². The summed E-state index contributed by atoms with van der Waals surface area (Å²) in [4.78, 5) is 25.9. The van der Waals surface area contributed by atoms with Crippen LogP contribution >= 0.6 is 0 Å². The summed E-state index contributed by atoms with van der Waals surface area (Å²) in [5.74, 6) is 0.292. The Kier molecular flexibility index (Phi) is 4.25. The molecule has 0 spiro atoms. The van der Waals surface area contributed by atoms with Crippen LogP contribution in [0.4, 0.5) is 5.69 Å². The lowest BCUT2D eigenvalue weighted by Crippen LogP contribution is -2.33. The first-order valence-corrected chi connectivity index (χ1v) is 7.76. The number of benzene rings is 2. The highest BCUT2D eigenvalue weighted by molar-refractivity contribution is 6.52. The number of amides is 1. The first-order chi connectivity index (χ1) is 11.5. The van der Waals surface area contributed by atoms with Gasteiger partial charge in [0.2, 0.25) is 0 Å². The highest BCUT2D eigenvalue weighted by Gasteiger charge is 2.37. The van der Waals surface area contributed by atoms with Crippen LogP contribution in [-0.4, -0.2) is 32.0 Å². The summed E-state index contributed by atoms with van der Waals surface area (Å²) in [5.41, 5.74) is 3.17. The Balaban J connectivity index is 1.78. The first kappa shape index (κ1) is 16.1. The molecule has 0 fully saturated rings. The van der Waals surface area contributed by atoms with Crippen molar-refractivity contribution in [2.45, 2.75) is 13.8 Å². The topological polar surface area (TPSA) is 55.8 Å². The van der Waals surface area contributed by atoms with Crippen molar-refractivity contribution in [1.82, 2.24) is 0 Å². The Morgan fingerprint density at radius 3 is 2.42 bits per heavy atom. The number of para-hydroxylation sites is 2. The van der Waals surface area contributed by atoms with Crippen LogP contribution in [0.25, 0.3) is 0 Å². The van der Waals surface area contributed by atoms with Crippen LogP contribution in [0.15, 0.2) is 36.4 Å². The third-order valence-corrected chi connectivity index (χ3v) is 4.30. The van der Waals surface area contributed by atoms with Crippen LogP contribution in [0.1, 0.15) is 21.5 Å². The monoisotopic (exact) mass is 325 g/mol. The van der Waals surface area contributed by atoms with E-state index in [9.17, 15) is 9.59 Å². The highest BCUT2D eigenvalue weighted by atomic mass is 16.5. The molecule has 0 radical (unpaired) electrons. The second-order valence-electron chi connectivity index (χ2n) is 5.69. The van der Waals surface area contributed by atoms with E-state index in [0.717, 1.165) is 11.1 Å². The third-order valence-electron chi connectivity index (χ3n) is 4.30. The molecule has 0 N–H and O–H groups in total.